The maximum absolute atomic E-state index is 16.3. The van der Waals surface area contributed by atoms with Crippen LogP contribution in [0.2, 0.25) is 0 Å². The highest BCUT2D eigenvalue weighted by molar-refractivity contribution is 5.80. The Morgan fingerprint density at radius 2 is 1.07 bits per heavy atom. The van der Waals surface area contributed by atoms with E-state index in [1.807, 2.05) is 6.92 Å². The van der Waals surface area contributed by atoms with Crippen LogP contribution in [0.15, 0.2) is 11.6 Å². The maximum Gasteiger partial charge on any atom is 0.317 e. The number of rotatable bonds is 34. The molecule has 0 amide bonds. The number of carbonyl (C=O) groups is 4. The van der Waals surface area contributed by atoms with E-state index in [-0.39, 0.29) is 43.9 Å². The van der Waals surface area contributed by atoms with Crippen LogP contribution in [0.3, 0.4) is 0 Å². The van der Waals surface area contributed by atoms with Gasteiger partial charge < -0.3 is 202 Å². The highest BCUT2D eigenvalue weighted by Crippen LogP contribution is 2.76. The van der Waals surface area contributed by atoms with Gasteiger partial charge in [0.05, 0.1) is 107 Å². The number of hydrogen-bond acceptors (Lipinski definition) is 44. The van der Waals surface area contributed by atoms with Crippen LogP contribution in [0.1, 0.15) is 179 Å². The predicted octanol–water partition coefficient (Wildman–Crippen LogP) is -5.14. The van der Waals surface area contributed by atoms with Gasteiger partial charge in [0, 0.05) is 12.8 Å². The zero-order chi connectivity index (χ0) is 99.0. The molecule has 44 heteroatoms. The summed E-state index contributed by atoms with van der Waals surface area (Å²) in [6.45, 7) is 17.1. The molecule has 0 aromatic rings. The lowest BCUT2D eigenvalue weighted by atomic mass is 9.33. The summed E-state index contributed by atoms with van der Waals surface area (Å²) in [6.07, 6.45) is -57.4. The van der Waals surface area contributed by atoms with E-state index in [2.05, 4.69) is 40.7 Å². The van der Waals surface area contributed by atoms with Gasteiger partial charge in [0.1, 0.15) is 152 Å². The average Bonchev–Trinajstić information content (AvgIpc) is 1.24. The third-order valence-corrected chi connectivity index (χ3v) is 33.0. The Kier molecular flexibility index (Phi) is 34.5. The van der Waals surface area contributed by atoms with Crippen LogP contribution in [0.4, 0.5) is 0 Å². The van der Waals surface area contributed by atoms with Gasteiger partial charge >= 0.3 is 17.9 Å². The molecule has 0 spiro atoms. The fraction of sp³-hybridized carbons (Fsp3) is 0.934. The van der Waals surface area contributed by atoms with Crippen molar-refractivity contribution in [3.8, 4) is 0 Å². The van der Waals surface area contributed by atoms with Gasteiger partial charge in [-0.15, -0.1) is 0 Å². The van der Waals surface area contributed by atoms with Gasteiger partial charge in [-0.2, -0.15) is 0 Å². The minimum Gasteiger partial charge on any atom is -0.462 e. The highest BCUT2D eigenvalue weighted by Gasteiger charge is 2.74. The molecule has 8 aliphatic heterocycles. The van der Waals surface area contributed by atoms with Crippen LogP contribution in [0.25, 0.3) is 0 Å². The molecule has 8 heterocycles. The van der Waals surface area contributed by atoms with Gasteiger partial charge in [-0.1, -0.05) is 93.7 Å². The number of carbonyl (C=O) groups excluding carboxylic acids is 4. The monoisotopic (exact) mass is 1940 g/mol. The van der Waals surface area contributed by atoms with Crippen molar-refractivity contribution in [1.82, 2.24) is 0 Å². The van der Waals surface area contributed by atoms with Crippen LogP contribution in [0.5, 0.6) is 0 Å². The number of aldehydes is 1. The maximum atomic E-state index is 16.3. The molecule has 44 nitrogen and oxygen atoms in total. The van der Waals surface area contributed by atoms with Gasteiger partial charge in [-0.25, -0.2) is 0 Å². The molecule has 8 saturated heterocycles. The normalized spacial score (nSPS) is 49.0. The lowest BCUT2D eigenvalue weighted by Crippen LogP contribution is -2.69. The van der Waals surface area contributed by atoms with Crippen molar-refractivity contribution in [3.63, 3.8) is 0 Å². The third-order valence-electron chi connectivity index (χ3n) is 33.0. The zero-order valence-corrected chi connectivity index (χ0v) is 78.5. The molecule has 0 bridgehead atoms. The highest BCUT2D eigenvalue weighted by atomic mass is 16.8. The summed E-state index contributed by atoms with van der Waals surface area (Å²) >= 11 is 0. The summed E-state index contributed by atoms with van der Waals surface area (Å²) in [6, 6.07) is 0. The molecular formula is C91H148O44. The molecular weight excluding hydrogens is 1800 g/mol. The molecule has 22 N–H and O–H groups in total. The summed E-state index contributed by atoms with van der Waals surface area (Å²) in [4.78, 5) is 58.8. The molecule has 19 unspecified atom stereocenters. The van der Waals surface area contributed by atoms with Crippen LogP contribution in [-0.2, 0) is 104 Å². The second kappa shape index (κ2) is 42.9. The minimum atomic E-state index is -2.23. The van der Waals surface area contributed by atoms with Gasteiger partial charge in [0.25, 0.3) is 0 Å². The Bertz CT molecular complexity index is 3970. The van der Waals surface area contributed by atoms with Crippen LogP contribution >= 0.6 is 0 Å². The number of ether oxygens (including phenoxy) is 18. The molecule has 4 saturated carbocycles. The van der Waals surface area contributed by atoms with Crippen LogP contribution in [0, 0.1) is 62.1 Å². The fourth-order valence-electron chi connectivity index (χ4n) is 23.9. The number of aliphatic hydroxyl groups excluding tert-OH is 20. The number of esters is 3. The fourth-order valence-corrected chi connectivity index (χ4v) is 23.9. The number of fused-ring (bicyclic) bond motifs is 7. The van der Waals surface area contributed by atoms with Gasteiger partial charge in [0.2, 0.25) is 12.1 Å². The molecule has 0 aromatic carbocycles. The van der Waals surface area contributed by atoms with E-state index in [1.165, 1.54) is 13.8 Å². The summed E-state index contributed by atoms with van der Waals surface area (Å²) < 4.78 is 109. The van der Waals surface area contributed by atoms with Gasteiger partial charge in [-0.05, 0) is 123 Å². The quantitative estimate of drug-likeness (QED) is 0.00715. The number of aliphatic hydroxyl groups is 22. The van der Waals surface area contributed by atoms with Crippen molar-refractivity contribution in [2.24, 2.45) is 62.1 Å². The molecule has 12 fully saturated rings. The summed E-state index contributed by atoms with van der Waals surface area (Å²) in [5.74, 6) is -7.47. The van der Waals surface area contributed by atoms with Crippen molar-refractivity contribution in [1.29, 1.82) is 0 Å². The lowest BCUT2D eigenvalue weighted by Gasteiger charge is -2.71. The van der Waals surface area contributed by atoms with Crippen molar-refractivity contribution in [2.45, 2.75) is 418 Å². The molecule has 49 atom stereocenters. The van der Waals surface area contributed by atoms with E-state index >= 15 is 4.79 Å². The summed E-state index contributed by atoms with van der Waals surface area (Å²) in [5, 5.41) is 246. The van der Waals surface area contributed by atoms with Gasteiger partial charge in [0.15, 0.2) is 49.9 Å². The third kappa shape index (κ3) is 21.1. The Morgan fingerprint density at radius 3 is 1.70 bits per heavy atom. The molecule has 776 valence electrons. The van der Waals surface area contributed by atoms with Crippen molar-refractivity contribution in [2.75, 3.05) is 52.9 Å². The molecule has 5 aliphatic carbocycles. The van der Waals surface area contributed by atoms with E-state index in [4.69, 9.17) is 85.3 Å². The van der Waals surface area contributed by atoms with Crippen LogP contribution in [-0.4, -0.2) is 428 Å². The summed E-state index contributed by atoms with van der Waals surface area (Å²) in [5.41, 5.74) is -7.16. The zero-order valence-electron chi connectivity index (χ0n) is 78.5. The number of allylic oxidation sites excluding steroid dienone is 2. The smallest absolute Gasteiger partial charge is 0.317 e. The first-order chi connectivity index (χ1) is 63.4. The second-order valence-electron chi connectivity index (χ2n) is 42.2. The number of hydrogen-bond donors (Lipinski definition) is 22. The molecule has 13 aliphatic rings. The van der Waals surface area contributed by atoms with Crippen molar-refractivity contribution >= 4 is 24.2 Å². The van der Waals surface area contributed by atoms with Crippen molar-refractivity contribution < 1.29 is 217 Å². The van der Waals surface area contributed by atoms with E-state index in [1.54, 1.807) is 27.7 Å². The average molecular weight is 1950 g/mol. The first kappa shape index (κ1) is 109. The topological polar surface area (TPSA) is 679 Å². The van der Waals surface area contributed by atoms with E-state index in [0.717, 1.165) is 11.9 Å². The van der Waals surface area contributed by atoms with Gasteiger partial charge in [-0.3, -0.25) is 14.4 Å². The standard InChI is InChI=1S/C91H148O44/c1-13-38(3)49(125-57(102)25-43(97)24-50(39(4)14-2)135-91(117)37-121-52(30-93)74(91)113)23-42(96)26-58(103)128-69-41(6)124-81(72(66(69)111)132-78-65(110)62(107)68(40(5)123-78)129-77-67(112)70(47(99)32-119-77)130-82-75(114)89(116,35-95)36-122-82)134-83(115)90-22-21-84(7,8)27-45(90)44-15-16-54-85(9)19-18-56(86(10,34-94)53(85)17-20-87(54,11)88(44,12)28-55(90)101)127-80-73(133-79-64(109)61(106)60(105)51(29-92)126-79)71(48(100)33-120-80)131-76-63(108)59(104)46(98)31-118-76/h15,34,38-43,45-56,59-82,92-93,95-101,104-114,116-117H,13-14,16-33,35-37H2,1-12H3/t38-,39-,40?,41?,42-,43-,45?,46+,47+,48+,49-,50-,51?,52+,53+,54?,55?,56-,59-,60-,61-,62?,63?,64?,65?,66?,67?,68-,69-,70?,71-,72?,73?,74?,75?,76-,77-,78-,79-,80-,81-,82-,85?,86+,87-,88+,89+,90+,91?/m0/s1. The molecule has 0 aromatic heterocycles. The Hall–Kier alpha value is -3.66. The predicted molar refractivity (Wildman–Crippen MR) is 451 cm³/mol. The minimum absolute atomic E-state index is 0.00967. The Morgan fingerprint density at radius 1 is 0.504 bits per heavy atom. The Labute approximate surface area is 782 Å². The molecule has 135 heavy (non-hydrogen) atoms. The van der Waals surface area contributed by atoms with E-state index in [9.17, 15) is 127 Å². The van der Waals surface area contributed by atoms with Crippen LogP contribution < -0.4 is 0 Å². The first-order valence-electron chi connectivity index (χ1n) is 47.7. The molecule has 0 radical (unpaired) electrons. The second-order valence-corrected chi connectivity index (χ2v) is 42.2. The first-order valence-corrected chi connectivity index (χ1v) is 47.7. The SMILES string of the molecule is CC[C@H](C)[C@H](C[C@H](O)CC(=O)O[C@H]1C(C)O[C@@H](OC(=O)[C@]23CCC(C)(C)CC2C2=CCC4C5(C)CC[C@H](O[C@@H]6OC[C@@H](O)[C@H](O[C@@H]7OC[C@@H](O)[C@H](O)C7O)C6O[C@@H]6OC(CO)[C@H](O)[C@H](O)C6O)[C@](C)(C=O)[C@@H]5CC[C@]4(C)[C@]2(C)CC3O)C(O[C@@H]2OC(C)[C@H](O[C@@H]3OC[C@@H](O)C(O[C@@H]4OC[C@](O)(CO)C4O)C3O)C(O)C2O)C1O)OC(=O)C[C@@H](O)C[C@H](OC1(O)CO[C@H](CO)C1O)[C@@H](C)CC. The van der Waals surface area contributed by atoms with Crippen molar-refractivity contribution in [3.05, 3.63) is 11.6 Å². The lowest BCUT2D eigenvalue weighted by molar-refractivity contribution is -0.384. The summed E-state index contributed by atoms with van der Waals surface area (Å²) in [7, 11) is 0. The van der Waals surface area contributed by atoms with E-state index < -0.39 is 372 Å². The Balaban J connectivity index is 0.740. The van der Waals surface area contributed by atoms with E-state index in [0.29, 0.717) is 51.4 Å². The molecule has 13 rings (SSSR count). The largest absolute Gasteiger partial charge is 0.462 e.